The van der Waals surface area contributed by atoms with Gasteiger partial charge in [0.2, 0.25) is 0 Å². The van der Waals surface area contributed by atoms with E-state index in [0.717, 1.165) is 18.4 Å². The first kappa shape index (κ1) is 11.0. The summed E-state index contributed by atoms with van der Waals surface area (Å²) >= 11 is 0. The molecule has 0 radical (unpaired) electrons. The maximum Gasteiger partial charge on any atom is 0.0434 e. The van der Waals surface area contributed by atoms with Crippen LogP contribution in [0.5, 0.6) is 0 Å². The Kier molecular flexibility index (Phi) is 4.74. The van der Waals surface area contributed by atoms with Crippen LogP contribution in [0.25, 0.3) is 0 Å². The monoisotopic (exact) mass is 185 g/mol. The van der Waals surface area contributed by atoms with Gasteiger partial charge >= 0.3 is 0 Å². The van der Waals surface area contributed by atoms with Gasteiger partial charge in [-0.1, -0.05) is 13.3 Å². The van der Waals surface area contributed by atoms with Crippen molar-refractivity contribution >= 4 is 0 Å². The minimum atomic E-state index is 0.354. The average Bonchev–Trinajstić information content (AvgIpc) is 2.12. The number of hydrogen-bond acceptors (Lipinski definition) is 2. The summed E-state index contributed by atoms with van der Waals surface area (Å²) in [7, 11) is 0. The lowest BCUT2D eigenvalue weighted by Gasteiger charge is -2.40. The molecule has 0 bridgehead atoms. The smallest absolute Gasteiger partial charge is 0.0434 e. The Morgan fingerprint density at radius 1 is 1.46 bits per heavy atom. The molecule has 0 saturated carbocycles. The standard InChI is InChI=1S/C11H23NO/c1-3-4-11(6-8-13)9-12-7-5-10(12)2/h10-11,13H,3-9H2,1-2H3. The van der Waals surface area contributed by atoms with Crippen LogP contribution in [-0.2, 0) is 0 Å². The predicted octanol–water partition coefficient (Wildman–Crippen LogP) is 1.88. The molecule has 0 amide bonds. The molecule has 0 aromatic heterocycles. The molecule has 2 atom stereocenters. The van der Waals surface area contributed by atoms with Crippen LogP contribution in [0.1, 0.15) is 39.5 Å². The maximum atomic E-state index is 8.91. The second kappa shape index (κ2) is 5.61. The fourth-order valence-electron chi connectivity index (χ4n) is 2.09. The summed E-state index contributed by atoms with van der Waals surface area (Å²) in [5.74, 6) is 0.720. The van der Waals surface area contributed by atoms with Gasteiger partial charge in [0.25, 0.3) is 0 Å². The molecule has 2 heteroatoms. The molecule has 0 spiro atoms. The van der Waals surface area contributed by atoms with E-state index in [2.05, 4.69) is 18.7 Å². The second-order valence-electron chi connectivity index (χ2n) is 4.30. The summed E-state index contributed by atoms with van der Waals surface area (Å²) in [5.41, 5.74) is 0. The molecule has 2 nitrogen and oxygen atoms in total. The molecular weight excluding hydrogens is 162 g/mol. The lowest BCUT2D eigenvalue weighted by atomic mass is 9.95. The highest BCUT2D eigenvalue weighted by Crippen LogP contribution is 2.21. The van der Waals surface area contributed by atoms with Crippen molar-refractivity contribution in [1.82, 2.24) is 4.90 Å². The summed E-state index contributed by atoms with van der Waals surface area (Å²) in [5, 5.41) is 8.91. The Morgan fingerprint density at radius 3 is 2.62 bits per heavy atom. The molecule has 1 fully saturated rings. The Labute approximate surface area is 81.9 Å². The zero-order valence-electron chi connectivity index (χ0n) is 9.00. The molecule has 0 aliphatic carbocycles. The molecule has 1 rings (SSSR count). The Hall–Kier alpha value is -0.0800. The summed E-state index contributed by atoms with van der Waals surface area (Å²) in [6, 6.07) is 0.790. The van der Waals surface area contributed by atoms with Gasteiger partial charge < -0.3 is 10.0 Å². The van der Waals surface area contributed by atoms with Gasteiger partial charge in [-0.05, 0) is 38.6 Å². The number of nitrogens with zero attached hydrogens (tertiary/aromatic N) is 1. The quantitative estimate of drug-likeness (QED) is 0.683. The topological polar surface area (TPSA) is 23.5 Å². The van der Waals surface area contributed by atoms with Crippen LogP contribution in [0.3, 0.4) is 0 Å². The normalized spacial score (nSPS) is 25.6. The number of aliphatic hydroxyl groups is 1. The minimum absolute atomic E-state index is 0.354. The third kappa shape index (κ3) is 3.28. The van der Waals surface area contributed by atoms with Crippen molar-refractivity contribution in [3.05, 3.63) is 0 Å². The molecule has 2 unspecified atom stereocenters. The summed E-state index contributed by atoms with van der Waals surface area (Å²) in [4.78, 5) is 2.54. The van der Waals surface area contributed by atoms with E-state index < -0.39 is 0 Å². The molecule has 1 heterocycles. The van der Waals surface area contributed by atoms with Crippen molar-refractivity contribution in [2.45, 2.75) is 45.6 Å². The first-order chi connectivity index (χ1) is 6.27. The largest absolute Gasteiger partial charge is 0.396 e. The molecule has 1 N–H and O–H groups in total. The van der Waals surface area contributed by atoms with Gasteiger partial charge in [0.05, 0.1) is 0 Å². The van der Waals surface area contributed by atoms with Gasteiger partial charge in [0.15, 0.2) is 0 Å². The molecule has 1 aliphatic heterocycles. The summed E-state index contributed by atoms with van der Waals surface area (Å²) < 4.78 is 0. The van der Waals surface area contributed by atoms with Crippen molar-refractivity contribution in [2.24, 2.45) is 5.92 Å². The summed E-state index contributed by atoms with van der Waals surface area (Å²) in [6.07, 6.45) is 4.85. The van der Waals surface area contributed by atoms with Gasteiger partial charge in [-0.15, -0.1) is 0 Å². The van der Waals surface area contributed by atoms with Crippen LogP contribution >= 0.6 is 0 Å². The predicted molar refractivity (Wildman–Crippen MR) is 55.8 cm³/mol. The van der Waals surface area contributed by atoms with Gasteiger partial charge in [-0.2, -0.15) is 0 Å². The van der Waals surface area contributed by atoms with Gasteiger partial charge in [-0.3, -0.25) is 0 Å². The molecule has 13 heavy (non-hydrogen) atoms. The molecular formula is C11H23NO. The Bertz CT molecular complexity index is 132. The first-order valence-electron chi connectivity index (χ1n) is 5.62. The number of likely N-dealkylation sites (tertiary alicyclic amines) is 1. The highest BCUT2D eigenvalue weighted by atomic mass is 16.3. The lowest BCUT2D eigenvalue weighted by molar-refractivity contribution is 0.0744. The zero-order chi connectivity index (χ0) is 9.68. The van der Waals surface area contributed by atoms with E-state index >= 15 is 0 Å². The Morgan fingerprint density at radius 2 is 2.23 bits per heavy atom. The van der Waals surface area contributed by atoms with Gasteiger partial charge in [0, 0.05) is 19.2 Å². The van der Waals surface area contributed by atoms with E-state index in [9.17, 15) is 0 Å². The third-order valence-corrected chi connectivity index (χ3v) is 3.18. The third-order valence-electron chi connectivity index (χ3n) is 3.18. The van der Waals surface area contributed by atoms with Crippen LogP contribution in [0.4, 0.5) is 0 Å². The van der Waals surface area contributed by atoms with Crippen molar-refractivity contribution in [3.63, 3.8) is 0 Å². The fourth-order valence-corrected chi connectivity index (χ4v) is 2.09. The fraction of sp³-hybridized carbons (Fsp3) is 1.00. The van der Waals surface area contributed by atoms with Crippen LogP contribution in [0.2, 0.25) is 0 Å². The van der Waals surface area contributed by atoms with E-state index in [4.69, 9.17) is 5.11 Å². The van der Waals surface area contributed by atoms with Gasteiger partial charge in [0.1, 0.15) is 0 Å². The van der Waals surface area contributed by atoms with Crippen LogP contribution in [-0.4, -0.2) is 35.7 Å². The number of rotatable bonds is 6. The van der Waals surface area contributed by atoms with E-state index in [1.165, 1.54) is 32.4 Å². The summed E-state index contributed by atoms with van der Waals surface area (Å²) in [6.45, 7) is 7.35. The van der Waals surface area contributed by atoms with Crippen LogP contribution < -0.4 is 0 Å². The van der Waals surface area contributed by atoms with E-state index in [1.54, 1.807) is 0 Å². The van der Waals surface area contributed by atoms with Crippen molar-refractivity contribution in [1.29, 1.82) is 0 Å². The van der Waals surface area contributed by atoms with Crippen molar-refractivity contribution < 1.29 is 5.11 Å². The van der Waals surface area contributed by atoms with Gasteiger partial charge in [-0.25, -0.2) is 0 Å². The molecule has 78 valence electrons. The first-order valence-corrected chi connectivity index (χ1v) is 5.62. The Balaban J connectivity index is 2.20. The average molecular weight is 185 g/mol. The zero-order valence-corrected chi connectivity index (χ0v) is 9.00. The molecule has 1 saturated heterocycles. The van der Waals surface area contributed by atoms with E-state index in [0.29, 0.717) is 6.61 Å². The highest BCUT2D eigenvalue weighted by Gasteiger charge is 2.25. The molecule has 0 aromatic carbocycles. The second-order valence-corrected chi connectivity index (χ2v) is 4.30. The van der Waals surface area contributed by atoms with E-state index in [1.807, 2.05) is 0 Å². The lowest BCUT2D eigenvalue weighted by Crippen LogP contribution is -2.47. The van der Waals surface area contributed by atoms with Crippen LogP contribution in [0.15, 0.2) is 0 Å². The van der Waals surface area contributed by atoms with Crippen molar-refractivity contribution in [2.75, 3.05) is 19.7 Å². The minimum Gasteiger partial charge on any atom is -0.396 e. The maximum absolute atomic E-state index is 8.91. The molecule has 1 aliphatic rings. The van der Waals surface area contributed by atoms with Crippen LogP contribution in [0, 0.1) is 5.92 Å². The van der Waals surface area contributed by atoms with E-state index in [-0.39, 0.29) is 0 Å². The van der Waals surface area contributed by atoms with Crippen molar-refractivity contribution in [3.8, 4) is 0 Å². The number of hydrogen-bond donors (Lipinski definition) is 1. The highest BCUT2D eigenvalue weighted by molar-refractivity contribution is 4.80. The SMILES string of the molecule is CCCC(CCO)CN1CCC1C. The number of aliphatic hydroxyl groups excluding tert-OH is 1. The molecule has 0 aromatic rings.